The summed E-state index contributed by atoms with van der Waals surface area (Å²) in [5.41, 5.74) is 6.05. The Morgan fingerprint density at radius 3 is 2.62 bits per heavy atom. The summed E-state index contributed by atoms with van der Waals surface area (Å²) in [7, 11) is -2.32. The number of hydrogen-bond acceptors (Lipinski definition) is 6. The standard InChI is InChI=1S/C16H25N3O5S.ClH/c1-12(17)3-6-16(20)18-13-4-5-14(23-2)15(11-13)25(21,22)19-7-9-24-10-8-19;/h4-5,11-12H,3,6-10,17H2,1-2H3,(H,18,20);1H. The van der Waals surface area contributed by atoms with Gasteiger partial charge >= 0.3 is 0 Å². The first kappa shape index (κ1) is 22.7. The van der Waals surface area contributed by atoms with Crippen molar-refractivity contribution < 1.29 is 22.7 Å². The fraction of sp³-hybridized carbons (Fsp3) is 0.562. The fourth-order valence-corrected chi connectivity index (χ4v) is 4.05. The summed E-state index contributed by atoms with van der Waals surface area (Å²) in [6.45, 7) is 3.12. The van der Waals surface area contributed by atoms with Crippen molar-refractivity contribution in [1.29, 1.82) is 0 Å². The number of benzene rings is 1. The van der Waals surface area contributed by atoms with Crippen LogP contribution in [0, 0.1) is 0 Å². The van der Waals surface area contributed by atoms with E-state index in [-0.39, 0.29) is 54.5 Å². The predicted octanol–water partition coefficient (Wildman–Crippen LogP) is 1.20. The molecule has 1 aromatic rings. The van der Waals surface area contributed by atoms with Crippen molar-refractivity contribution in [2.45, 2.75) is 30.7 Å². The highest BCUT2D eigenvalue weighted by molar-refractivity contribution is 7.89. The van der Waals surface area contributed by atoms with Gasteiger partial charge in [-0.1, -0.05) is 0 Å². The number of methoxy groups -OCH3 is 1. The third-order valence-electron chi connectivity index (χ3n) is 3.86. The van der Waals surface area contributed by atoms with E-state index in [0.717, 1.165) is 0 Å². The van der Waals surface area contributed by atoms with E-state index in [1.807, 2.05) is 6.92 Å². The van der Waals surface area contributed by atoms with Gasteiger partial charge in [0.15, 0.2) is 0 Å². The van der Waals surface area contributed by atoms with Crippen LogP contribution in [-0.4, -0.2) is 58.1 Å². The average Bonchev–Trinajstić information content (AvgIpc) is 2.60. The highest BCUT2D eigenvalue weighted by Gasteiger charge is 2.29. The van der Waals surface area contributed by atoms with Gasteiger partial charge in [-0.05, 0) is 31.5 Å². The molecule has 1 aromatic carbocycles. The van der Waals surface area contributed by atoms with E-state index in [1.54, 1.807) is 6.07 Å². The van der Waals surface area contributed by atoms with E-state index < -0.39 is 10.0 Å². The molecule has 10 heteroatoms. The Hall–Kier alpha value is -1.39. The zero-order chi connectivity index (χ0) is 18.4. The first-order valence-corrected chi connectivity index (χ1v) is 9.60. The SMILES string of the molecule is COc1ccc(NC(=O)CCC(C)N)cc1S(=O)(=O)N1CCOCC1.Cl. The number of nitrogens with one attached hydrogen (secondary N) is 1. The zero-order valence-corrected chi connectivity index (χ0v) is 16.6. The number of nitrogens with two attached hydrogens (primary N) is 1. The highest BCUT2D eigenvalue weighted by atomic mass is 35.5. The molecule has 3 N–H and O–H groups in total. The number of nitrogens with zero attached hydrogens (tertiary/aromatic N) is 1. The van der Waals surface area contributed by atoms with E-state index in [2.05, 4.69) is 5.32 Å². The molecule has 0 bridgehead atoms. The first-order valence-electron chi connectivity index (χ1n) is 8.16. The quantitative estimate of drug-likeness (QED) is 0.702. The van der Waals surface area contributed by atoms with Gasteiger partial charge in [-0.25, -0.2) is 8.42 Å². The average molecular weight is 408 g/mol. The van der Waals surface area contributed by atoms with Gasteiger partial charge in [0.2, 0.25) is 15.9 Å². The number of morpholine rings is 1. The lowest BCUT2D eigenvalue weighted by Gasteiger charge is -2.26. The third kappa shape index (κ3) is 5.82. The van der Waals surface area contributed by atoms with Gasteiger partial charge in [0.25, 0.3) is 0 Å². The van der Waals surface area contributed by atoms with Gasteiger partial charge < -0.3 is 20.5 Å². The number of sulfonamides is 1. The van der Waals surface area contributed by atoms with E-state index in [9.17, 15) is 13.2 Å². The normalized spacial score (nSPS) is 16.4. The van der Waals surface area contributed by atoms with Crippen molar-refractivity contribution in [3.63, 3.8) is 0 Å². The molecule has 1 fully saturated rings. The number of rotatable bonds is 7. The fourth-order valence-electron chi connectivity index (χ4n) is 2.46. The number of ether oxygens (including phenoxy) is 2. The number of hydrogen-bond donors (Lipinski definition) is 2. The molecular formula is C16H26ClN3O5S. The summed E-state index contributed by atoms with van der Waals surface area (Å²) in [6, 6.07) is 4.50. The lowest BCUT2D eigenvalue weighted by atomic mass is 10.2. The summed E-state index contributed by atoms with van der Waals surface area (Å²) in [4.78, 5) is 12.0. The van der Waals surface area contributed by atoms with Crippen LogP contribution in [0.3, 0.4) is 0 Å². The van der Waals surface area contributed by atoms with Crippen molar-refractivity contribution in [3.05, 3.63) is 18.2 Å². The van der Waals surface area contributed by atoms with Crippen molar-refractivity contribution in [3.8, 4) is 5.75 Å². The predicted molar refractivity (Wildman–Crippen MR) is 101 cm³/mol. The van der Waals surface area contributed by atoms with Crippen molar-refractivity contribution >= 4 is 34.0 Å². The van der Waals surface area contributed by atoms with Crippen LogP contribution in [0.4, 0.5) is 5.69 Å². The van der Waals surface area contributed by atoms with Crippen molar-refractivity contribution in [1.82, 2.24) is 4.31 Å². The Morgan fingerprint density at radius 2 is 2.04 bits per heavy atom. The number of halogens is 1. The smallest absolute Gasteiger partial charge is 0.246 e. The minimum absolute atomic E-state index is 0. The molecule has 148 valence electrons. The van der Waals surface area contributed by atoms with Gasteiger partial charge in [0.1, 0.15) is 10.6 Å². The molecular weight excluding hydrogens is 382 g/mol. The van der Waals surface area contributed by atoms with Crippen LogP contribution >= 0.6 is 12.4 Å². The van der Waals surface area contributed by atoms with E-state index >= 15 is 0 Å². The Kier molecular flexibility index (Phi) is 8.78. The maximum absolute atomic E-state index is 12.9. The summed E-state index contributed by atoms with van der Waals surface area (Å²) in [5.74, 6) is 0.0252. The van der Waals surface area contributed by atoms with Gasteiger partial charge in [0.05, 0.1) is 20.3 Å². The molecule has 2 rings (SSSR count). The van der Waals surface area contributed by atoms with E-state index in [1.165, 1.54) is 23.5 Å². The summed E-state index contributed by atoms with van der Waals surface area (Å²) in [5, 5.41) is 2.71. The zero-order valence-electron chi connectivity index (χ0n) is 14.9. The van der Waals surface area contributed by atoms with Crippen LogP contribution in [-0.2, 0) is 19.6 Å². The van der Waals surface area contributed by atoms with Gasteiger partial charge in [-0.15, -0.1) is 12.4 Å². The monoisotopic (exact) mass is 407 g/mol. The molecule has 0 saturated carbocycles. The number of carbonyl (C=O) groups is 1. The Labute approximate surface area is 160 Å². The second kappa shape index (κ2) is 10.1. The minimum Gasteiger partial charge on any atom is -0.495 e. The minimum atomic E-state index is -3.73. The maximum atomic E-state index is 12.9. The van der Waals surface area contributed by atoms with E-state index in [0.29, 0.717) is 25.3 Å². The molecule has 1 aliphatic rings. The lowest BCUT2D eigenvalue weighted by Crippen LogP contribution is -2.40. The molecule has 26 heavy (non-hydrogen) atoms. The maximum Gasteiger partial charge on any atom is 0.246 e. The Morgan fingerprint density at radius 1 is 1.38 bits per heavy atom. The number of carbonyl (C=O) groups excluding carboxylic acids is 1. The molecule has 1 amide bonds. The van der Waals surface area contributed by atoms with Gasteiger partial charge in [-0.2, -0.15) is 4.31 Å². The van der Waals surface area contributed by atoms with Crippen LogP contribution in [0.1, 0.15) is 19.8 Å². The van der Waals surface area contributed by atoms with Crippen LogP contribution in [0.2, 0.25) is 0 Å². The highest BCUT2D eigenvalue weighted by Crippen LogP contribution is 2.30. The summed E-state index contributed by atoms with van der Waals surface area (Å²) < 4.78 is 37.5. The third-order valence-corrected chi connectivity index (χ3v) is 5.78. The summed E-state index contributed by atoms with van der Waals surface area (Å²) in [6.07, 6.45) is 0.830. The largest absolute Gasteiger partial charge is 0.495 e. The Balaban J connectivity index is 0.00000338. The van der Waals surface area contributed by atoms with Crippen LogP contribution in [0.5, 0.6) is 5.75 Å². The molecule has 0 spiro atoms. The first-order chi connectivity index (χ1) is 11.8. The van der Waals surface area contributed by atoms with Gasteiger partial charge in [0, 0.05) is 31.2 Å². The summed E-state index contributed by atoms with van der Waals surface area (Å²) >= 11 is 0. The molecule has 0 aromatic heterocycles. The van der Waals surface area contributed by atoms with Crippen LogP contribution in [0.15, 0.2) is 23.1 Å². The molecule has 1 unspecified atom stereocenters. The van der Waals surface area contributed by atoms with Gasteiger partial charge in [-0.3, -0.25) is 4.79 Å². The molecule has 0 radical (unpaired) electrons. The second-order valence-corrected chi connectivity index (χ2v) is 7.85. The second-order valence-electron chi connectivity index (χ2n) is 5.95. The Bertz CT molecular complexity index is 706. The van der Waals surface area contributed by atoms with Crippen LogP contribution < -0.4 is 15.8 Å². The number of anilines is 1. The lowest BCUT2D eigenvalue weighted by molar-refractivity contribution is -0.116. The number of amides is 1. The van der Waals surface area contributed by atoms with Crippen LogP contribution in [0.25, 0.3) is 0 Å². The molecule has 1 saturated heterocycles. The molecule has 1 heterocycles. The topological polar surface area (TPSA) is 111 Å². The van der Waals surface area contributed by atoms with Crippen molar-refractivity contribution in [2.75, 3.05) is 38.7 Å². The molecule has 1 aliphatic heterocycles. The van der Waals surface area contributed by atoms with Crippen molar-refractivity contribution in [2.24, 2.45) is 5.73 Å². The molecule has 1 atom stereocenters. The molecule has 8 nitrogen and oxygen atoms in total. The molecule has 0 aliphatic carbocycles. The van der Waals surface area contributed by atoms with E-state index in [4.69, 9.17) is 15.2 Å².